The highest BCUT2D eigenvalue weighted by molar-refractivity contribution is 7.24. The molecule has 0 saturated heterocycles. The number of hydrogen-bond donors (Lipinski definition) is 0. The smallest absolute Gasteiger partial charge is 0.202 e. The zero-order chi connectivity index (χ0) is 17.2. The molecule has 0 aliphatic heterocycles. The molecule has 2 aromatic carbocycles. The fourth-order valence-electron chi connectivity index (χ4n) is 2.56. The lowest BCUT2D eigenvalue weighted by Crippen LogP contribution is -1.97. The van der Waals surface area contributed by atoms with Crippen molar-refractivity contribution in [1.82, 2.24) is 0 Å². The number of benzene rings is 2. The minimum atomic E-state index is 0.0753. The van der Waals surface area contributed by atoms with Crippen molar-refractivity contribution in [2.45, 2.75) is 0 Å². The summed E-state index contributed by atoms with van der Waals surface area (Å²) in [4.78, 5) is 16.8. The molecule has 0 atom stereocenters. The van der Waals surface area contributed by atoms with Crippen LogP contribution in [-0.4, -0.2) is 5.78 Å². The summed E-state index contributed by atoms with van der Waals surface area (Å²) in [5.41, 5.74) is 1.88. The van der Waals surface area contributed by atoms with E-state index >= 15 is 0 Å². The second kappa shape index (κ2) is 6.96. The van der Waals surface area contributed by atoms with Crippen LogP contribution in [0.2, 0.25) is 5.02 Å². The molecular weight excluding hydrogens is 368 g/mol. The van der Waals surface area contributed by atoms with Crippen LogP contribution in [0.3, 0.4) is 0 Å². The molecule has 4 rings (SSSR count). The second-order valence-electron chi connectivity index (χ2n) is 5.53. The van der Waals surface area contributed by atoms with E-state index in [2.05, 4.69) is 12.1 Å². The van der Waals surface area contributed by atoms with Crippen LogP contribution in [-0.2, 0) is 0 Å². The Hall–Kier alpha value is -2.20. The molecule has 2 heterocycles. The van der Waals surface area contributed by atoms with Gasteiger partial charge in [-0.15, -0.1) is 22.7 Å². The predicted molar refractivity (Wildman–Crippen MR) is 108 cm³/mol. The lowest BCUT2D eigenvalue weighted by Gasteiger charge is -1.97. The van der Waals surface area contributed by atoms with E-state index in [0.717, 1.165) is 25.9 Å². The molecule has 0 bridgehead atoms. The summed E-state index contributed by atoms with van der Waals surface area (Å²) in [6.07, 6.45) is 0. The minimum absolute atomic E-state index is 0.0753. The molecule has 25 heavy (non-hydrogen) atoms. The van der Waals surface area contributed by atoms with Gasteiger partial charge >= 0.3 is 0 Å². The Morgan fingerprint density at radius 2 is 1.32 bits per heavy atom. The Labute approximate surface area is 159 Å². The standard InChI is InChI=1S/C21H13ClOS2/c22-16-8-6-14(7-9-16)17-10-11-18(24-17)19-12-13-20(25-19)21(23)15-4-2-1-3-5-15/h1-13H. The van der Waals surface area contributed by atoms with Crippen molar-refractivity contribution < 1.29 is 4.79 Å². The molecule has 122 valence electrons. The number of carbonyl (C=O) groups excluding carboxylic acids is 1. The molecule has 0 aliphatic carbocycles. The van der Waals surface area contributed by atoms with Gasteiger partial charge in [0.05, 0.1) is 4.88 Å². The molecule has 0 radical (unpaired) electrons. The first-order valence-corrected chi connectivity index (χ1v) is 9.77. The molecule has 4 heteroatoms. The number of rotatable bonds is 4. The van der Waals surface area contributed by atoms with Crippen LogP contribution in [0.4, 0.5) is 0 Å². The zero-order valence-corrected chi connectivity index (χ0v) is 15.5. The van der Waals surface area contributed by atoms with E-state index in [-0.39, 0.29) is 5.78 Å². The fourth-order valence-corrected chi connectivity index (χ4v) is 4.76. The first-order chi connectivity index (χ1) is 12.2. The second-order valence-corrected chi connectivity index (χ2v) is 8.13. The van der Waals surface area contributed by atoms with E-state index in [1.807, 2.05) is 66.7 Å². The minimum Gasteiger partial charge on any atom is -0.288 e. The highest BCUT2D eigenvalue weighted by atomic mass is 35.5. The Bertz CT molecular complexity index is 1010. The van der Waals surface area contributed by atoms with E-state index in [9.17, 15) is 4.79 Å². The van der Waals surface area contributed by atoms with Gasteiger partial charge in [0.2, 0.25) is 5.78 Å². The SMILES string of the molecule is O=C(c1ccccc1)c1ccc(-c2ccc(-c3ccc(Cl)cc3)s2)s1. The van der Waals surface area contributed by atoms with Crippen LogP contribution >= 0.6 is 34.3 Å². The summed E-state index contributed by atoms with van der Waals surface area (Å²) in [6.45, 7) is 0. The van der Waals surface area contributed by atoms with Gasteiger partial charge in [-0.2, -0.15) is 0 Å². The summed E-state index contributed by atoms with van der Waals surface area (Å²) in [7, 11) is 0. The molecule has 0 fully saturated rings. The highest BCUT2D eigenvalue weighted by Crippen LogP contribution is 2.38. The van der Waals surface area contributed by atoms with Crippen LogP contribution in [0.25, 0.3) is 20.2 Å². The van der Waals surface area contributed by atoms with E-state index in [4.69, 9.17) is 11.6 Å². The van der Waals surface area contributed by atoms with Gasteiger partial charge in [0, 0.05) is 25.2 Å². The third kappa shape index (κ3) is 3.45. The molecule has 0 N–H and O–H groups in total. The number of carbonyl (C=O) groups is 1. The average Bonchev–Trinajstić information content (AvgIpc) is 3.32. The summed E-state index contributed by atoms with van der Waals surface area (Å²) >= 11 is 9.22. The molecule has 0 amide bonds. The summed E-state index contributed by atoms with van der Waals surface area (Å²) in [6, 6.07) is 25.4. The van der Waals surface area contributed by atoms with Gasteiger partial charge in [0.1, 0.15) is 0 Å². The quantitative estimate of drug-likeness (QED) is 0.347. The van der Waals surface area contributed by atoms with Gasteiger partial charge in [0.15, 0.2) is 0 Å². The Morgan fingerprint density at radius 3 is 2.08 bits per heavy atom. The van der Waals surface area contributed by atoms with Crippen molar-refractivity contribution in [3.63, 3.8) is 0 Å². The monoisotopic (exact) mass is 380 g/mol. The van der Waals surface area contributed by atoms with Gasteiger partial charge < -0.3 is 0 Å². The van der Waals surface area contributed by atoms with Crippen molar-refractivity contribution in [2.24, 2.45) is 0 Å². The van der Waals surface area contributed by atoms with E-state index in [0.29, 0.717) is 0 Å². The fraction of sp³-hybridized carbons (Fsp3) is 0. The Kier molecular flexibility index (Phi) is 4.53. The molecule has 0 aliphatic rings. The number of halogens is 1. The van der Waals surface area contributed by atoms with E-state index < -0.39 is 0 Å². The van der Waals surface area contributed by atoms with Crippen molar-refractivity contribution in [3.05, 3.63) is 94.3 Å². The molecule has 0 saturated carbocycles. The first-order valence-electron chi connectivity index (χ1n) is 7.76. The zero-order valence-electron chi connectivity index (χ0n) is 13.1. The van der Waals surface area contributed by atoms with Crippen molar-refractivity contribution in [3.8, 4) is 20.2 Å². The molecule has 0 unspecified atom stereocenters. The van der Waals surface area contributed by atoms with Crippen LogP contribution < -0.4 is 0 Å². The van der Waals surface area contributed by atoms with Gasteiger partial charge in [0.25, 0.3) is 0 Å². The molecule has 2 aromatic heterocycles. The van der Waals surface area contributed by atoms with Crippen molar-refractivity contribution >= 4 is 40.1 Å². The topological polar surface area (TPSA) is 17.1 Å². The predicted octanol–water partition coefficient (Wildman–Crippen LogP) is 7.03. The van der Waals surface area contributed by atoms with Crippen molar-refractivity contribution in [1.29, 1.82) is 0 Å². The van der Waals surface area contributed by atoms with Gasteiger partial charge in [-0.05, 0) is 42.0 Å². The normalized spacial score (nSPS) is 10.8. The maximum atomic E-state index is 12.6. The Balaban J connectivity index is 1.61. The van der Waals surface area contributed by atoms with E-state index in [1.54, 1.807) is 11.3 Å². The van der Waals surface area contributed by atoms with Gasteiger partial charge in [-0.3, -0.25) is 4.79 Å². The average molecular weight is 381 g/mol. The van der Waals surface area contributed by atoms with E-state index in [1.165, 1.54) is 21.1 Å². The summed E-state index contributed by atoms with van der Waals surface area (Å²) in [5.74, 6) is 0.0753. The van der Waals surface area contributed by atoms with Crippen LogP contribution in [0.5, 0.6) is 0 Å². The molecule has 1 nitrogen and oxygen atoms in total. The van der Waals surface area contributed by atoms with Crippen LogP contribution in [0.15, 0.2) is 78.9 Å². The third-order valence-corrected chi connectivity index (χ3v) is 6.51. The summed E-state index contributed by atoms with van der Waals surface area (Å²) < 4.78 is 0. The van der Waals surface area contributed by atoms with Crippen LogP contribution in [0.1, 0.15) is 15.2 Å². The molecule has 4 aromatic rings. The van der Waals surface area contributed by atoms with Gasteiger partial charge in [-0.25, -0.2) is 0 Å². The number of hydrogen-bond acceptors (Lipinski definition) is 3. The number of thiophene rings is 2. The Morgan fingerprint density at radius 1 is 0.680 bits per heavy atom. The van der Waals surface area contributed by atoms with Crippen LogP contribution in [0, 0.1) is 0 Å². The first kappa shape index (κ1) is 16.3. The maximum Gasteiger partial charge on any atom is 0.202 e. The lowest BCUT2D eigenvalue weighted by atomic mass is 10.1. The third-order valence-electron chi connectivity index (χ3n) is 3.84. The maximum absolute atomic E-state index is 12.6. The lowest BCUT2D eigenvalue weighted by molar-refractivity contribution is 0.104. The number of ketones is 1. The molecule has 0 spiro atoms. The summed E-state index contributed by atoms with van der Waals surface area (Å²) in [5, 5.41) is 0.739. The largest absolute Gasteiger partial charge is 0.288 e. The van der Waals surface area contributed by atoms with Crippen molar-refractivity contribution in [2.75, 3.05) is 0 Å². The van der Waals surface area contributed by atoms with Gasteiger partial charge in [-0.1, -0.05) is 54.1 Å². The molecular formula is C21H13ClOS2. The highest BCUT2D eigenvalue weighted by Gasteiger charge is 2.13.